The SMILES string of the molecule is Brc1nccs1.CC1(C)OB(c2cn[nH]c2)OC1(C)C.c1csc(-c2cn[nH]c2)n1. The Labute approximate surface area is 191 Å². The Kier molecular flexibility index (Phi) is 7.58. The molecule has 4 aromatic rings. The Morgan fingerprint density at radius 3 is 1.97 bits per heavy atom. The molecule has 8 nitrogen and oxygen atoms in total. The molecule has 1 aliphatic heterocycles. The summed E-state index contributed by atoms with van der Waals surface area (Å²) in [5, 5.41) is 18.1. The van der Waals surface area contributed by atoms with Gasteiger partial charge >= 0.3 is 7.12 Å². The highest BCUT2D eigenvalue weighted by molar-refractivity contribution is 9.11. The highest BCUT2D eigenvalue weighted by Gasteiger charge is 2.51. The van der Waals surface area contributed by atoms with E-state index in [1.807, 2.05) is 44.7 Å². The Bertz CT molecular complexity index is 928. The number of nitrogens with one attached hydrogen (secondary N) is 2. The largest absolute Gasteiger partial charge is 0.498 e. The van der Waals surface area contributed by atoms with E-state index < -0.39 is 0 Å². The molecule has 0 radical (unpaired) electrons. The van der Waals surface area contributed by atoms with Gasteiger partial charge in [-0.3, -0.25) is 10.2 Å². The van der Waals surface area contributed by atoms with Crippen LogP contribution in [-0.2, 0) is 9.31 Å². The van der Waals surface area contributed by atoms with Gasteiger partial charge in [0.25, 0.3) is 0 Å². The lowest BCUT2D eigenvalue weighted by Crippen LogP contribution is -2.41. The molecule has 2 N–H and O–H groups in total. The molecule has 0 aromatic carbocycles. The number of hydrogen-bond acceptors (Lipinski definition) is 8. The van der Waals surface area contributed by atoms with Crippen molar-refractivity contribution in [3.63, 3.8) is 0 Å². The minimum Gasteiger partial charge on any atom is -0.399 e. The first-order valence-electron chi connectivity index (χ1n) is 9.06. The van der Waals surface area contributed by atoms with Crippen LogP contribution in [0.3, 0.4) is 0 Å². The van der Waals surface area contributed by atoms with Gasteiger partial charge in [0.05, 0.1) is 17.4 Å². The van der Waals surface area contributed by atoms with Crippen molar-refractivity contribution in [2.75, 3.05) is 0 Å². The first kappa shape index (κ1) is 22.8. The van der Waals surface area contributed by atoms with Crippen molar-refractivity contribution in [2.24, 2.45) is 0 Å². The second-order valence-corrected chi connectivity index (χ2v) is 10.3. The van der Waals surface area contributed by atoms with Crippen LogP contribution in [-0.4, -0.2) is 48.7 Å². The van der Waals surface area contributed by atoms with E-state index in [0.717, 1.165) is 20.0 Å². The van der Waals surface area contributed by atoms with Gasteiger partial charge in [-0.15, -0.1) is 22.7 Å². The van der Waals surface area contributed by atoms with Crippen LogP contribution in [0.2, 0.25) is 0 Å². The number of hydrogen-bond donors (Lipinski definition) is 2. The van der Waals surface area contributed by atoms with Gasteiger partial charge in [-0.2, -0.15) is 10.2 Å². The van der Waals surface area contributed by atoms with Crippen molar-refractivity contribution in [1.29, 1.82) is 0 Å². The average molecular weight is 509 g/mol. The Balaban J connectivity index is 0.000000139. The highest BCUT2D eigenvalue weighted by Crippen LogP contribution is 2.36. The molecular weight excluding hydrogens is 487 g/mol. The molecule has 0 spiro atoms. The third kappa shape index (κ3) is 5.85. The standard InChI is InChI=1S/C9H15BN2O2.C6H5N3S.C3H2BrNS/c1-8(2)9(3,4)14-10(13-8)7-5-11-12-6-7;1-2-10-6(7-1)5-3-8-9-4-5;4-3-5-1-2-6-3/h5-6H,1-4H3,(H,11,12);1-4H,(H,8,9);1-2H. The lowest BCUT2D eigenvalue weighted by Gasteiger charge is -2.32. The maximum absolute atomic E-state index is 5.83. The van der Waals surface area contributed by atoms with Gasteiger partial charge in [0, 0.05) is 52.8 Å². The van der Waals surface area contributed by atoms with Crippen LogP contribution >= 0.6 is 38.6 Å². The number of rotatable bonds is 2. The molecule has 1 saturated heterocycles. The van der Waals surface area contributed by atoms with Crippen molar-refractivity contribution < 1.29 is 9.31 Å². The summed E-state index contributed by atoms with van der Waals surface area (Å²) in [4.78, 5) is 7.97. The van der Waals surface area contributed by atoms with Gasteiger partial charge in [-0.05, 0) is 43.6 Å². The summed E-state index contributed by atoms with van der Waals surface area (Å²) in [5.74, 6) is 0. The van der Waals surface area contributed by atoms with Crippen LogP contribution in [0.5, 0.6) is 0 Å². The number of nitrogens with zero attached hydrogens (tertiary/aromatic N) is 4. The van der Waals surface area contributed by atoms with Crippen LogP contribution in [0, 0.1) is 0 Å². The molecule has 0 aliphatic carbocycles. The third-order valence-electron chi connectivity index (χ3n) is 4.62. The fraction of sp³-hybridized carbons (Fsp3) is 0.333. The van der Waals surface area contributed by atoms with E-state index in [1.54, 1.807) is 53.7 Å². The van der Waals surface area contributed by atoms with Crippen molar-refractivity contribution >= 4 is 51.2 Å². The van der Waals surface area contributed by atoms with Crippen molar-refractivity contribution in [3.8, 4) is 10.6 Å². The van der Waals surface area contributed by atoms with Crippen LogP contribution in [0.4, 0.5) is 0 Å². The van der Waals surface area contributed by atoms with Gasteiger partial charge in [-0.25, -0.2) is 9.97 Å². The third-order valence-corrected chi connectivity index (χ3v) is 6.77. The molecule has 0 bridgehead atoms. The number of aromatic nitrogens is 6. The molecule has 0 saturated carbocycles. The van der Waals surface area contributed by atoms with Crippen LogP contribution in [0.1, 0.15) is 27.7 Å². The summed E-state index contributed by atoms with van der Waals surface area (Å²) in [5.41, 5.74) is 1.42. The molecule has 0 unspecified atom stereocenters. The lowest BCUT2D eigenvalue weighted by molar-refractivity contribution is 0.00578. The molecule has 1 aliphatic rings. The average Bonchev–Trinajstić information content (AvgIpc) is 3.51. The van der Waals surface area contributed by atoms with E-state index in [-0.39, 0.29) is 18.3 Å². The summed E-state index contributed by atoms with van der Waals surface area (Å²) in [7, 11) is -0.307. The van der Waals surface area contributed by atoms with Gasteiger partial charge < -0.3 is 9.31 Å². The van der Waals surface area contributed by atoms with Crippen molar-refractivity contribution in [3.05, 3.63) is 51.9 Å². The van der Waals surface area contributed by atoms with Crippen LogP contribution in [0.15, 0.2) is 51.9 Å². The molecule has 1 fully saturated rings. The fourth-order valence-corrected chi connectivity index (χ4v) is 3.73. The zero-order valence-corrected chi connectivity index (χ0v) is 20.2. The summed E-state index contributed by atoms with van der Waals surface area (Å²) in [6.07, 6.45) is 10.7. The molecule has 0 amide bonds. The highest BCUT2D eigenvalue weighted by atomic mass is 79.9. The predicted molar refractivity (Wildman–Crippen MR) is 124 cm³/mol. The zero-order chi connectivity index (χ0) is 21.6. The van der Waals surface area contributed by atoms with Crippen LogP contribution in [0.25, 0.3) is 10.6 Å². The maximum atomic E-state index is 5.83. The minimum atomic E-state index is -0.307. The second kappa shape index (κ2) is 9.97. The molecule has 30 heavy (non-hydrogen) atoms. The number of aromatic amines is 2. The molecule has 5 heterocycles. The first-order chi connectivity index (χ1) is 14.3. The Morgan fingerprint density at radius 1 is 0.900 bits per heavy atom. The Hall–Kier alpha value is -1.86. The monoisotopic (exact) mass is 508 g/mol. The predicted octanol–water partition coefficient (Wildman–Crippen LogP) is 4.15. The van der Waals surface area contributed by atoms with E-state index in [1.165, 1.54) is 0 Å². The van der Waals surface area contributed by atoms with Gasteiger partial charge in [0.1, 0.15) is 5.01 Å². The molecule has 0 atom stereocenters. The van der Waals surface area contributed by atoms with E-state index in [9.17, 15) is 0 Å². The lowest BCUT2D eigenvalue weighted by atomic mass is 9.82. The topological polar surface area (TPSA) is 102 Å². The van der Waals surface area contributed by atoms with Crippen molar-refractivity contribution in [1.82, 2.24) is 30.4 Å². The normalized spacial score (nSPS) is 16.4. The van der Waals surface area contributed by atoms with E-state index in [2.05, 4.69) is 46.3 Å². The minimum absolute atomic E-state index is 0.283. The molecule has 4 aromatic heterocycles. The van der Waals surface area contributed by atoms with E-state index in [0.29, 0.717) is 0 Å². The fourth-order valence-electron chi connectivity index (χ4n) is 2.31. The second-order valence-electron chi connectivity index (χ2n) is 7.23. The van der Waals surface area contributed by atoms with Crippen LogP contribution < -0.4 is 5.46 Å². The molecular formula is C18H22BBrN6O2S2. The Morgan fingerprint density at radius 2 is 1.53 bits per heavy atom. The van der Waals surface area contributed by atoms with Gasteiger partial charge in [0.2, 0.25) is 0 Å². The molecule has 12 heteroatoms. The molecule has 5 rings (SSSR count). The van der Waals surface area contributed by atoms with Gasteiger partial charge in [-0.1, -0.05) is 0 Å². The van der Waals surface area contributed by atoms with E-state index >= 15 is 0 Å². The van der Waals surface area contributed by atoms with Crippen molar-refractivity contribution in [2.45, 2.75) is 38.9 Å². The maximum Gasteiger partial charge on any atom is 0.498 e. The molecule has 158 valence electrons. The number of thiazole rings is 2. The van der Waals surface area contributed by atoms with Gasteiger partial charge in [0.15, 0.2) is 3.92 Å². The smallest absolute Gasteiger partial charge is 0.399 e. The quantitative estimate of drug-likeness (QED) is 0.394. The van der Waals surface area contributed by atoms with E-state index in [4.69, 9.17) is 9.31 Å². The summed E-state index contributed by atoms with van der Waals surface area (Å²) in [6, 6.07) is 0. The number of halogens is 1. The summed E-state index contributed by atoms with van der Waals surface area (Å²) < 4.78 is 12.6. The summed E-state index contributed by atoms with van der Waals surface area (Å²) in [6.45, 7) is 8.14. The zero-order valence-electron chi connectivity index (χ0n) is 17.0. The number of H-pyrrole nitrogens is 2. The first-order valence-corrected chi connectivity index (χ1v) is 11.6. The summed E-state index contributed by atoms with van der Waals surface area (Å²) >= 11 is 6.38.